The normalized spacial score (nSPS) is 11.1. The van der Waals surface area contributed by atoms with E-state index in [1.54, 1.807) is 19.1 Å². The molecule has 0 saturated carbocycles. The van der Waals surface area contributed by atoms with Crippen molar-refractivity contribution in [1.82, 2.24) is 10.5 Å². The van der Waals surface area contributed by atoms with Crippen molar-refractivity contribution in [3.05, 3.63) is 47.1 Å². The van der Waals surface area contributed by atoms with Gasteiger partial charge in [0.05, 0.1) is 0 Å². The van der Waals surface area contributed by atoms with Crippen LogP contribution in [0.2, 0.25) is 0 Å². The Morgan fingerprint density at radius 1 is 1.40 bits per heavy atom. The predicted octanol–water partition coefficient (Wildman–Crippen LogP) is 3.20. The Morgan fingerprint density at radius 3 is 2.85 bits per heavy atom. The van der Waals surface area contributed by atoms with Crippen molar-refractivity contribution in [1.29, 1.82) is 0 Å². The first kappa shape index (κ1) is 14.5. The summed E-state index contributed by atoms with van der Waals surface area (Å²) in [6.45, 7) is 6.63. The highest BCUT2D eigenvalue weighted by molar-refractivity contribution is 5.35. The molecule has 1 aromatic heterocycles. The molecule has 0 atom stereocenters. The summed E-state index contributed by atoms with van der Waals surface area (Å²) in [6, 6.07) is 7.01. The number of aryl methyl sites for hydroxylation is 1. The summed E-state index contributed by atoms with van der Waals surface area (Å²) in [4.78, 5) is 0. The standard InChI is InChI=1S/C15H19FN2O2/c1-10(2)17-8-12-5-4-6-14(16)15(12)19-9-13-7-11(3)20-18-13/h4-7,10,17H,8-9H2,1-3H3. The molecule has 4 nitrogen and oxygen atoms in total. The molecular formula is C15H19FN2O2. The highest BCUT2D eigenvalue weighted by atomic mass is 19.1. The second kappa shape index (κ2) is 6.52. The van der Waals surface area contributed by atoms with Crippen molar-refractivity contribution < 1.29 is 13.7 Å². The third-order valence-electron chi connectivity index (χ3n) is 2.79. The van der Waals surface area contributed by atoms with E-state index in [0.717, 1.165) is 5.56 Å². The minimum absolute atomic E-state index is 0.187. The molecular weight excluding hydrogens is 259 g/mol. The van der Waals surface area contributed by atoms with Gasteiger partial charge in [0.15, 0.2) is 11.6 Å². The zero-order chi connectivity index (χ0) is 14.5. The van der Waals surface area contributed by atoms with E-state index in [2.05, 4.69) is 10.5 Å². The maximum absolute atomic E-state index is 13.9. The van der Waals surface area contributed by atoms with Gasteiger partial charge in [-0.2, -0.15) is 0 Å². The molecule has 20 heavy (non-hydrogen) atoms. The summed E-state index contributed by atoms with van der Waals surface area (Å²) in [7, 11) is 0. The molecule has 0 spiro atoms. The fraction of sp³-hybridized carbons (Fsp3) is 0.400. The molecule has 0 bridgehead atoms. The van der Waals surface area contributed by atoms with Gasteiger partial charge < -0.3 is 14.6 Å². The average Bonchev–Trinajstić information content (AvgIpc) is 2.81. The number of halogens is 1. The van der Waals surface area contributed by atoms with Crippen LogP contribution < -0.4 is 10.1 Å². The van der Waals surface area contributed by atoms with Crippen molar-refractivity contribution in [2.24, 2.45) is 0 Å². The number of nitrogens with zero attached hydrogens (tertiary/aromatic N) is 1. The number of hydrogen-bond donors (Lipinski definition) is 1. The molecule has 0 saturated heterocycles. The Morgan fingerprint density at radius 2 is 2.20 bits per heavy atom. The van der Waals surface area contributed by atoms with Gasteiger partial charge in [0.2, 0.25) is 0 Å². The Balaban J connectivity index is 2.08. The lowest BCUT2D eigenvalue weighted by molar-refractivity contribution is 0.271. The van der Waals surface area contributed by atoms with E-state index in [4.69, 9.17) is 9.26 Å². The molecule has 5 heteroatoms. The Hall–Kier alpha value is -1.88. The number of benzene rings is 1. The molecule has 1 aromatic carbocycles. The first-order chi connectivity index (χ1) is 9.56. The highest BCUT2D eigenvalue weighted by Gasteiger charge is 2.11. The zero-order valence-electron chi connectivity index (χ0n) is 11.9. The van der Waals surface area contributed by atoms with Gasteiger partial charge in [0.25, 0.3) is 0 Å². The number of hydrogen-bond acceptors (Lipinski definition) is 4. The van der Waals surface area contributed by atoms with Crippen LogP contribution in [0.5, 0.6) is 5.75 Å². The quantitative estimate of drug-likeness (QED) is 0.881. The molecule has 1 N–H and O–H groups in total. The number of para-hydroxylation sites is 1. The van der Waals surface area contributed by atoms with Gasteiger partial charge in [0, 0.05) is 24.2 Å². The lowest BCUT2D eigenvalue weighted by Gasteiger charge is -2.13. The van der Waals surface area contributed by atoms with Gasteiger partial charge in [-0.05, 0) is 13.0 Å². The molecule has 0 aliphatic heterocycles. The minimum atomic E-state index is -0.367. The van der Waals surface area contributed by atoms with Crippen LogP contribution >= 0.6 is 0 Å². The van der Waals surface area contributed by atoms with Crippen LogP contribution in [0, 0.1) is 12.7 Å². The summed E-state index contributed by atoms with van der Waals surface area (Å²) < 4.78 is 24.4. The summed E-state index contributed by atoms with van der Waals surface area (Å²) in [6.07, 6.45) is 0. The maximum atomic E-state index is 13.9. The van der Waals surface area contributed by atoms with Crippen LogP contribution in [-0.2, 0) is 13.2 Å². The lowest BCUT2D eigenvalue weighted by Crippen LogP contribution is -2.22. The van der Waals surface area contributed by atoms with Crippen LogP contribution in [0.4, 0.5) is 4.39 Å². The molecule has 2 aromatic rings. The van der Waals surface area contributed by atoms with Crippen molar-refractivity contribution in [3.63, 3.8) is 0 Å². The minimum Gasteiger partial charge on any atom is -0.484 e. The van der Waals surface area contributed by atoms with Crippen LogP contribution in [-0.4, -0.2) is 11.2 Å². The van der Waals surface area contributed by atoms with Crippen LogP contribution in [0.15, 0.2) is 28.8 Å². The maximum Gasteiger partial charge on any atom is 0.165 e. The first-order valence-corrected chi connectivity index (χ1v) is 6.62. The second-order valence-electron chi connectivity index (χ2n) is 4.98. The van der Waals surface area contributed by atoms with Crippen molar-refractivity contribution in [3.8, 4) is 5.75 Å². The number of aromatic nitrogens is 1. The molecule has 108 valence electrons. The topological polar surface area (TPSA) is 47.3 Å². The fourth-order valence-corrected chi connectivity index (χ4v) is 1.80. The van der Waals surface area contributed by atoms with Crippen LogP contribution in [0.3, 0.4) is 0 Å². The molecule has 0 aliphatic carbocycles. The molecule has 2 rings (SSSR count). The zero-order valence-corrected chi connectivity index (χ0v) is 11.9. The second-order valence-corrected chi connectivity index (χ2v) is 4.98. The van der Waals surface area contributed by atoms with E-state index in [0.29, 0.717) is 24.0 Å². The van der Waals surface area contributed by atoms with Crippen LogP contribution in [0.1, 0.15) is 30.9 Å². The van der Waals surface area contributed by atoms with E-state index in [1.807, 2.05) is 19.9 Å². The summed E-state index contributed by atoms with van der Waals surface area (Å²) >= 11 is 0. The number of nitrogens with one attached hydrogen (secondary N) is 1. The monoisotopic (exact) mass is 278 g/mol. The molecule has 0 amide bonds. The van der Waals surface area contributed by atoms with Crippen molar-refractivity contribution >= 4 is 0 Å². The summed E-state index contributed by atoms with van der Waals surface area (Å²) in [5, 5.41) is 7.08. The van der Waals surface area contributed by atoms with Gasteiger partial charge in [-0.15, -0.1) is 0 Å². The van der Waals surface area contributed by atoms with Crippen molar-refractivity contribution in [2.75, 3.05) is 0 Å². The molecule has 0 aliphatic rings. The Labute approximate surface area is 117 Å². The van der Waals surface area contributed by atoms with E-state index in [9.17, 15) is 4.39 Å². The molecule has 0 radical (unpaired) electrons. The van der Waals surface area contributed by atoms with E-state index in [-0.39, 0.29) is 18.2 Å². The van der Waals surface area contributed by atoms with E-state index >= 15 is 0 Å². The van der Waals surface area contributed by atoms with Crippen LogP contribution in [0.25, 0.3) is 0 Å². The van der Waals surface area contributed by atoms with Gasteiger partial charge in [-0.3, -0.25) is 0 Å². The summed E-state index contributed by atoms with van der Waals surface area (Å²) in [5.74, 6) is 0.605. The van der Waals surface area contributed by atoms with Gasteiger partial charge in [-0.1, -0.05) is 31.1 Å². The Bertz CT molecular complexity index is 567. The third-order valence-corrected chi connectivity index (χ3v) is 2.79. The van der Waals surface area contributed by atoms with E-state index in [1.165, 1.54) is 6.07 Å². The third kappa shape index (κ3) is 3.81. The lowest BCUT2D eigenvalue weighted by atomic mass is 10.2. The average molecular weight is 278 g/mol. The van der Waals surface area contributed by atoms with Gasteiger partial charge >= 0.3 is 0 Å². The van der Waals surface area contributed by atoms with Gasteiger partial charge in [-0.25, -0.2) is 4.39 Å². The fourth-order valence-electron chi connectivity index (χ4n) is 1.80. The molecule has 0 unspecified atom stereocenters. The number of rotatable bonds is 6. The number of ether oxygens (including phenoxy) is 1. The summed E-state index contributed by atoms with van der Waals surface area (Å²) in [5.41, 5.74) is 1.44. The largest absolute Gasteiger partial charge is 0.484 e. The molecule has 0 fully saturated rings. The van der Waals surface area contributed by atoms with E-state index < -0.39 is 0 Å². The SMILES string of the molecule is Cc1cc(COc2c(F)cccc2CNC(C)C)no1. The smallest absolute Gasteiger partial charge is 0.165 e. The molecule has 1 heterocycles. The Kier molecular flexibility index (Phi) is 4.74. The highest BCUT2D eigenvalue weighted by Crippen LogP contribution is 2.23. The van der Waals surface area contributed by atoms with Crippen molar-refractivity contribution in [2.45, 2.75) is 40.0 Å². The predicted molar refractivity (Wildman–Crippen MR) is 73.9 cm³/mol. The first-order valence-electron chi connectivity index (χ1n) is 6.62. The van der Waals surface area contributed by atoms with Gasteiger partial charge in [0.1, 0.15) is 18.1 Å².